The number of halogens is 3. The first-order chi connectivity index (χ1) is 9.52. The number of nitrogen functional groups attached to an aromatic ring is 1. The Labute approximate surface area is 121 Å². The van der Waals surface area contributed by atoms with E-state index in [1.165, 1.54) is 12.1 Å². The number of benzene rings is 2. The van der Waals surface area contributed by atoms with Gasteiger partial charge in [-0.25, -0.2) is 13.8 Å². The van der Waals surface area contributed by atoms with Gasteiger partial charge in [-0.1, -0.05) is 15.9 Å². The molecule has 0 saturated heterocycles. The van der Waals surface area contributed by atoms with Crippen LogP contribution in [0, 0.1) is 11.6 Å². The third kappa shape index (κ3) is 2.32. The number of nitrogens with one attached hydrogen (secondary N) is 2. The van der Waals surface area contributed by atoms with Crippen molar-refractivity contribution in [1.29, 1.82) is 0 Å². The van der Waals surface area contributed by atoms with E-state index in [4.69, 9.17) is 5.73 Å². The van der Waals surface area contributed by atoms with Crippen molar-refractivity contribution < 1.29 is 8.78 Å². The average molecular weight is 339 g/mol. The summed E-state index contributed by atoms with van der Waals surface area (Å²) in [5.41, 5.74) is 7.31. The molecule has 4 nitrogen and oxygen atoms in total. The van der Waals surface area contributed by atoms with Crippen LogP contribution in [-0.2, 0) is 0 Å². The lowest BCUT2D eigenvalue weighted by molar-refractivity contribution is 0.589. The fraction of sp³-hybridized carbons (Fsp3) is 0. The normalized spacial score (nSPS) is 10.9. The molecule has 3 rings (SSSR count). The van der Waals surface area contributed by atoms with Crippen molar-refractivity contribution in [2.45, 2.75) is 0 Å². The van der Waals surface area contributed by atoms with Crippen molar-refractivity contribution in [1.82, 2.24) is 9.97 Å². The maximum absolute atomic E-state index is 13.7. The summed E-state index contributed by atoms with van der Waals surface area (Å²) in [5, 5.41) is 2.60. The van der Waals surface area contributed by atoms with E-state index in [0.29, 0.717) is 21.2 Å². The van der Waals surface area contributed by atoms with Gasteiger partial charge in [0.2, 0.25) is 5.95 Å². The van der Waals surface area contributed by atoms with Gasteiger partial charge in [-0.2, -0.15) is 0 Å². The molecule has 0 aliphatic carbocycles. The van der Waals surface area contributed by atoms with E-state index in [2.05, 4.69) is 31.2 Å². The molecule has 0 fully saturated rings. The van der Waals surface area contributed by atoms with Gasteiger partial charge in [-0.15, -0.1) is 0 Å². The van der Waals surface area contributed by atoms with Crippen LogP contribution in [0.5, 0.6) is 0 Å². The number of hydrogen-bond acceptors (Lipinski definition) is 3. The molecule has 1 heterocycles. The van der Waals surface area contributed by atoms with Gasteiger partial charge in [0.15, 0.2) is 11.6 Å². The van der Waals surface area contributed by atoms with E-state index in [9.17, 15) is 8.78 Å². The fourth-order valence-electron chi connectivity index (χ4n) is 1.87. The Hall–Kier alpha value is -2.15. The number of aromatic amines is 1. The van der Waals surface area contributed by atoms with Crippen LogP contribution in [0.2, 0.25) is 0 Å². The average Bonchev–Trinajstić information content (AvgIpc) is 2.75. The summed E-state index contributed by atoms with van der Waals surface area (Å²) in [6.07, 6.45) is 0. The maximum Gasteiger partial charge on any atom is 0.205 e. The molecule has 0 radical (unpaired) electrons. The Balaban J connectivity index is 2.01. The predicted octanol–water partition coefficient (Wildman–Crippen LogP) is 3.93. The minimum Gasteiger partial charge on any atom is -0.399 e. The van der Waals surface area contributed by atoms with Gasteiger partial charge in [0.05, 0.1) is 11.0 Å². The van der Waals surface area contributed by atoms with Crippen molar-refractivity contribution in [3.8, 4) is 0 Å². The van der Waals surface area contributed by atoms with Crippen molar-refractivity contribution >= 4 is 44.3 Å². The molecule has 0 unspecified atom stereocenters. The third-order valence-electron chi connectivity index (χ3n) is 2.76. The summed E-state index contributed by atoms with van der Waals surface area (Å²) >= 11 is 3.02. The van der Waals surface area contributed by atoms with Crippen molar-refractivity contribution in [3.63, 3.8) is 0 Å². The Morgan fingerprint density at radius 3 is 2.55 bits per heavy atom. The molecule has 0 amide bonds. The van der Waals surface area contributed by atoms with E-state index in [1.807, 2.05) is 0 Å². The van der Waals surface area contributed by atoms with Crippen LogP contribution in [0.25, 0.3) is 11.0 Å². The second-order valence-electron chi connectivity index (χ2n) is 4.23. The summed E-state index contributed by atoms with van der Waals surface area (Å²) in [4.78, 5) is 7.09. The van der Waals surface area contributed by atoms with Crippen LogP contribution in [0.1, 0.15) is 0 Å². The van der Waals surface area contributed by atoms with Crippen LogP contribution < -0.4 is 11.1 Å². The van der Waals surface area contributed by atoms with Crippen LogP contribution in [0.15, 0.2) is 34.8 Å². The fourth-order valence-corrected chi connectivity index (χ4v) is 2.27. The summed E-state index contributed by atoms with van der Waals surface area (Å²) in [6.45, 7) is 0. The van der Waals surface area contributed by atoms with Gasteiger partial charge < -0.3 is 16.0 Å². The highest BCUT2D eigenvalue weighted by molar-refractivity contribution is 9.10. The highest BCUT2D eigenvalue weighted by Gasteiger charge is 2.12. The van der Waals surface area contributed by atoms with Crippen LogP contribution in [0.4, 0.5) is 26.1 Å². The first kappa shape index (κ1) is 12.9. The smallest absolute Gasteiger partial charge is 0.205 e. The summed E-state index contributed by atoms with van der Waals surface area (Å²) in [7, 11) is 0. The monoisotopic (exact) mass is 338 g/mol. The van der Waals surface area contributed by atoms with Gasteiger partial charge in [-0.05, 0) is 30.3 Å². The number of aromatic nitrogens is 2. The number of imidazole rings is 1. The molecule has 20 heavy (non-hydrogen) atoms. The van der Waals surface area contributed by atoms with Crippen molar-refractivity contribution in [2.75, 3.05) is 11.1 Å². The third-order valence-corrected chi connectivity index (χ3v) is 3.21. The van der Waals surface area contributed by atoms with Gasteiger partial charge in [0.25, 0.3) is 0 Å². The molecule has 4 N–H and O–H groups in total. The molecule has 0 bridgehead atoms. The zero-order valence-electron chi connectivity index (χ0n) is 10.0. The van der Waals surface area contributed by atoms with Crippen molar-refractivity contribution in [3.05, 3.63) is 46.4 Å². The Bertz CT molecular complexity index is 777. The lowest BCUT2D eigenvalue weighted by Gasteiger charge is -2.06. The molecule has 0 spiro atoms. The highest BCUT2D eigenvalue weighted by Crippen LogP contribution is 2.27. The van der Waals surface area contributed by atoms with E-state index in [0.717, 1.165) is 0 Å². The second kappa shape index (κ2) is 4.75. The van der Waals surface area contributed by atoms with Gasteiger partial charge in [0, 0.05) is 10.2 Å². The van der Waals surface area contributed by atoms with Crippen LogP contribution in [-0.4, -0.2) is 9.97 Å². The zero-order chi connectivity index (χ0) is 14.3. The Morgan fingerprint density at radius 1 is 1.15 bits per heavy atom. The number of nitrogens with zero attached hydrogens (tertiary/aromatic N) is 1. The first-order valence-electron chi connectivity index (χ1n) is 5.70. The minimum absolute atomic E-state index is 0.241. The molecule has 7 heteroatoms. The molecule has 3 aromatic rings. The Morgan fingerprint density at radius 2 is 1.85 bits per heavy atom. The summed E-state index contributed by atoms with van der Waals surface area (Å²) in [5.74, 6) is -1.18. The number of fused-ring (bicyclic) bond motifs is 1. The first-order valence-corrected chi connectivity index (χ1v) is 6.49. The second-order valence-corrected chi connectivity index (χ2v) is 5.15. The molecule has 2 aromatic carbocycles. The van der Waals surface area contributed by atoms with Gasteiger partial charge in [0.1, 0.15) is 5.69 Å². The van der Waals surface area contributed by atoms with E-state index in [1.54, 1.807) is 18.2 Å². The van der Waals surface area contributed by atoms with E-state index in [-0.39, 0.29) is 11.6 Å². The highest BCUT2D eigenvalue weighted by atomic mass is 79.9. The number of rotatable bonds is 2. The van der Waals surface area contributed by atoms with Gasteiger partial charge >= 0.3 is 0 Å². The number of anilines is 3. The minimum atomic E-state index is -0.711. The number of nitrogens with two attached hydrogens (primary N) is 1. The lowest BCUT2D eigenvalue weighted by atomic mass is 10.3. The summed E-state index contributed by atoms with van der Waals surface area (Å²) in [6, 6.07) is 7.47. The van der Waals surface area contributed by atoms with Crippen LogP contribution in [0.3, 0.4) is 0 Å². The SMILES string of the molecule is Nc1ccc2nc(Nc3c(F)cc(Br)cc3F)[nH]c2c1. The molecule has 102 valence electrons. The molecule has 0 saturated carbocycles. The topological polar surface area (TPSA) is 66.7 Å². The van der Waals surface area contributed by atoms with Crippen molar-refractivity contribution in [2.24, 2.45) is 0 Å². The quantitative estimate of drug-likeness (QED) is 0.620. The molecular formula is C13H9BrF2N4. The van der Waals surface area contributed by atoms with E-state index >= 15 is 0 Å². The molecule has 0 aliphatic rings. The number of H-pyrrole nitrogens is 1. The summed E-state index contributed by atoms with van der Waals surface area (Å²) < 4.78 is 27.8. The van der Waals surface area contributed by atoms with Crippen LogP contribution >= 0.6 is 15.9 Å². The van der Waals surface area contributed by atoms with E-state index < -0.39 is 11.6 Å². The standard InChI is InChI=1S/C13H9BrF2N4/c14-6-3-8(15)12(9(16)4-6)20-13-18-10-2-1-7(17)5-11(10)19-13/h1-5H,17H2,(H2,18,19,20). The number of hydrogen-bond donors (Lipinski definition) is 3. The molecular weight excluding hydrogens is 330 g/mol. The maximum atomic E-state index is 13.7. The lowest BCUT2D eigenvalue weighted by Crippen LogP contribution is -1.99. The molecule has 1 aromatic heterocycles. The Kier molecular flexibility index (Phi) is 3.06. The van der Waals surface area contributed by atoms with Gasteiger partial charge in [-0.3, -0.25) is 0 Å². The zero-order valence-corrected chi connectivity index (χ0v) is 11.6. The predicted molar refractivity (Wildman–Crippen MR) is 77.8 cm³/mol. The molecule has 0 atom stereocenters. The molecule has 0 aliphatic heterocycles. The largest absolute Gasteiger partial charge is 0.399 e.